The number of aryl methyl sites for hydroxylation is 1. The van der Waals surface area contributed by atoms with Crippen molar-refractivity contribution in [3.8, 4) is 0 Å². The van der Waals surface area contributed by atoms with Crippen molar-refractivity contribution in [2.45, 2.75) is 36.1 Å². The molecule has 1 saturated heterocycles. The predicted octanol–water partition coefficient (Wildman–Crippen LogP) is 2.20. The number of benzene rings is 2. The molecule has 0 saturated carbocycles. The van der Waals surface area contributed by atoms with Gasteiger partial charge in [0, 0.05) is 11.9 Å². The van der Waals surface area contributed by atoms with Crippen molar-refractivity contribution in [3.05, 3.63) is 59.7 Å². The van der Waals surface area contributed by atoms with Crippen LogP contribution in [0.5, 0.6) is 0 Å². The van der Waals surface area contributed by atoms with Gasteiger partial charge in [-0.1, -0.05) is 24.3 Å². The van der Waals surface area contributed by atoms with Gasteiger partial charge in [0.1, 0.15) is 12.1 Å². The van der Waals surface area contributed by atoms with Crippen LogP contribution in [0.3, 0.4) is 0 Å². The Labute approximate surface area is 180 Å². The Morgan fingerprint density at radius 3 is 2.52 bits per heavy atom. The van der Waals surface area contributed by atoms with E-state index in [1.165, 1.54) is 24.3 Å². The Kier molecular flexibility index (Phi) is 5.30. The molecular weight excluding hydrogens is 418 g/mol. The zero-order valence-electron chi connectivity index (χ0n) is 17.1. The lowest BCUT2D eigenvalue weighted by Gasteiger charge is -2.27. The van der Waals surface area contributed by atoms with Gasteiger partial charge in [-0.3, -0.25) is 14.5 Å². The molecule has 8 nitrogen and oxygen atoms in total. The molecule has 1 fully saturated rings. The fraction of sp³-hybridized carbons (Fsp3) is 0.318. The minimum atomic E-state index is -3.34. The summed E-state index contributed by atoms with van der Waals surface area (Å²) in [5, 5.41) is 5.45. The van der Waals surface area contributed by atoms with Crippen LogP contribution in [0.15, 0.2) is 53.4 Å². The van der Waals surface area contributed by atoms with Crippen LogP contribution in [0, 0.1) is 0 Å². The Morgan fingerprint density at radius 1 is 1.10 bits per heavy atom. The quantitative estimate of drug-likeness (QED) is 0.707. The number of urea groups is 1. The molecule has 2 aromatic rings. The van der Waals surface area contributed by atoms with Crippen LogP contribution >= 0.6 is 0 Å². The summed E-state index contributed by atoms with van der Waals surface area (Å²) in [6.07, 6.45) is 4.13. The van der Waals surface area contributed by atoms with Crippen LogP contribution in [0.1, 0.15) is 30.4 Å². The molecule has 31 heavy (non-hydrogen) atoms. The van der Waals surface area contributed by atoms with Crippen molar-refractivity contribution < 1.29 is 22.8 Å². The van der Waals surface area contributed by atoms with Gasteiger partial charge >= 0.3 is 6.03 Å². The Balaban J connectivity index is 1.52. The first-order valence-corrected chi connectivity index (χ1v) is 11.9. The van der Waals surface area contributed by atoms with Crippen molar-refractivity contribution in [3.63, 3.8) is 0 Å². The summed E-state index contributed by atoms with van der Waals surface area (Å²) in [7, 11) is -3.34. The lowest BCUT2D eigenvalue weighted by molar-refractivity contribution is -0.134. The SMILES string of the molecule is CS(=O)(=O)c1ccc(NC(=O)CN2C(=O)N[C@]3(CCCCc4ccccc43)C2=O)cc1. The van der Waals surface area contributed by atoms with E-state index in [2.05, 4.69) is 10.6 Å². The van der Waals surface area contributed by atoms with Crippen LogP contribution in [0.2, 0.25) is 0 Å². The van der Waals surface area contributed by atoms with E-state index in [1.807, 2.05) is 24.3 Å². The van der Waals surface area contributed by atoms with Crippen LogP contribution in [0.25, 0.3) is 0 Å². The first-order chi connectivity index (χ1) is 14.7. The molecule has 1 aliphatic heterocycles. The highest BCUT2D eigenvalue weighted by Crippen LogP contribution is 2.38. The van der Waals surface area contributed by atoms with E-state index in [0.29, 0.717) is 12.1 Å². The summed E-state index contributed by atoms with van der Waals surface area (Å²) < 4.78 is 23.1. The number of hydrogen-bond donors (Lipinski definition) is 2. The normalized spacial score (nSPS) is 20.9. The second-order valence-corrected chi connectivity index (χ2v) is 9.95. The van der Waals surface area contributed by atoms with E-state index < -0.39 is 39.8 Å². The second-order valence-electron chi connectivity index (χ2n) is 7.94. The minimum Gasteiger partial charge on any atom is -0.325 e. The number of imide groups is 1. The fourth-order valence-electron chi connectivity index (χ4n) is 4.25. The summed E-state index contributed by atoms with van der Waals surface area (Å²) in [6.45, 7) is -0.428. The number of carbonyl (C=O) groups excluding carboxylic acids is 3. The fourth-order valence-corrected chi connectivity index (χ4v) is 4.88. The minimum absolute atomic E-state index is 0.133. The molecular formula is C22H23N3O5S. The molecule has 2 N–H and O–H groups in total. The summed E-state index contributed by atoms with van der Waals surface area (Å²) in [4.78, 5) is 39.6. The van der Waals surface area contributed by atoms with Gasteiger partial charge in [-0.25, -0.2) is 13.2 Å². The maximum absolute atomic E-state index is 13.3. The topological polar surface area (TPSA) is 113 Å². The average Bonchev–Trinajstić information content (AvgIpc) is 2.87. The number of carbonyl (C=O) groups is 3. The number of fused-ring (bicyclic) bond motifs is 2. The van der Waals surface area contributed by atoms with Gasteiger partial charge in [-0.2, -0.15) is 0 Å². The maximum atomic E-state index is 13.3. The molecule has 2 aliphatic rings. The van der Waals surface area contributed by atoms with Gasteiger partial charge in [0.2, 0.25) is 5.91 Å². The zero-order chi connectivity index (χ0) is 22.2. The van der Waals surface area contributed by atoms with E-state index in [0.717, 1.165) is 41.5 Å². The molecule has 2 aromatic carbocycles. The molecule has 0 aromatic heterocycles. The number of sulfone groups is 1. The van der Waals surface area contributed by atoms with Crippen molar-refractivity contribution >= 4 is 33.4 Å². The number of rotatable bonds is 4. The average molecular weight is 442 g/mol. The smallest absolute Gasteiger partial charge is 0.325 e. The summed E-state index contributed by atoms with van der Waals surface area (Å²) >= 11 is 0. The largest absolute Gasteiger partial charge is 0.325 e. The van der Waals surface area contributed by atoms with E-state index in [1.54, 1.807) is 0 Å². The number of nitrogens with zero attached hydrogens (tertiary/aromatic N) is 1. The zero-order valence-corrected chi connectivity index (χ0v) is 17.9. The summed E-state index contributed by atoms with van der Waals surface area (Å²) in [5.41, 5.74) is 1.07. The lowest BCUT2D eigenvalue weighted by atomic mass is 9.84. The van der Waals surface area contributed by atoms with Gasteiger partial charge < -0.3 is 10.6 Å². The third-order valence-corrected chi connectivity index (χ3v) is 6.90. The number of anilines is 1. The van der Waals surface area contributed by atoms with Crippen molar-refractivity contribution in [2.24, 2.45) is 0 Å². The van der Waals surface area contributed by atoms with Crippen molar-refractivity contribution in [1.82, 2.24) is 10.2 Å². The summed E-state index contributed by atoms with van der Waals surface area (Å²) in [5.74, 6) is -0.969. The van der Waals surface area contributed by atoms with Gasteiger partial charge in [0.25, 0.3) is 5.91 Å². The van der Waals surface area contributed by atoms with Crippen LogP contribution in [-0.2, 0) is 31.4 Å². The standard InChI is InChI=1S/C22H23N3O5S/c1-31(29,30)17-11-9-16(10-12-17)23-19(26)14-25-20(27)22(24-21(25)28)13-5-4-7-15-6-2-3-8-18(15)22/h2-3,6,8-12H,4-5,7,13-14H2,1H3,(H,23,26)(H,24,28)/t22-/m0/s1. The van der Waals surface area contributed by atoms with Crippen LogP contribution in [0.4, 0.5) is 10.5 Å². The predicted molar refractivity (Wildman–Crippen MR) is 114 cm³/mol. The number of amides is 4. The van der Waals surface area contributed by atoms with Gasteiger partial charge in [0.15, 0.2) is 9.84 Å². The van der Waals surface area contributed by atoms with Crippen molar-refractivity contribution in [2.75, 3.05) is 18.1 Å². The molecule has 1 aliphatic carbocycles. The van der Waals surface area contributed by atoms with Gasteiger partial charge in [0.05, 0.1) is 4.90 Å². The lowest BCUT2D eigenvalue weighted by Crippen LogP contribution is -2.44. The first kappa shape index (κ1) is 21.0. The Morgan fingerprint density at radius 2 is 1.81 bits per heavy atom. The third-order valence-electron chi connectivity index (χ3n) is 5.77. The van der Waals surface area contributed by atoms with Crippen LogP contribution in [-0.4, -0.2) is 44.0 Å². The molecule has 0 radical (unpaired) electrons. The van der Waals surface area contributed by atoms with Gasteiger partial charge in [-0.05, 0) is 61.1 Å². The Bertz CT molecular complexity index is 1160. The number of nitrogens with one attached hydrogen (secondary N) is 2. The molecule has 1 atom stereocenters. The molecule has 9 heteroatoms. The highest BCUT2D eigenvalue weighted by Gasteiger charge is 2.53. The first-order valence-electron chi connectivity index (χ1n) is 10.0. The molecule has 1 spiro atoms. The van der Waals surface area contributed by atoms with Gasteiger partial charge in [-0.15, -0.1) is 0 Å². The second kappa shape index (κ2) is 7.81. The van der Waals surface area contributed by atoms with Crippen LogP contribution < -0.4 is 10.6 Å². The Hall–Kier alpha value is -3.20. The molecule has 4 rings (SSSR count). The van der Waals surface area contributed by atoms with E-state index >= 15 is 0 Å². The highest BCUT2D eigenvalue weighted by atomic mass is 32.2. The molecule has 0 bridgehead atoms. The highest BCUT2D eigenvalue weighted by molar-refractivity contribution is 7.90. The van der Waals surface area contributed by atoms with E-state index in [9.17, 15) is 22.8 Å². The maximum Gasteiger partial charge on any atom is 0.325 e. The molecule has 0 unspecified atom stereocenters. The van der Waals surface area contributed by atoms with Crippen molar-refractivity contribution in [1.29, 1.82) is 0 Å². The molecule has 4 amide bonds. The monoisotopic (exact) mass is 441 g/mol. The third kappa shape index (κ3) is 3.93. The summed E-state index contributed by atoms with van der Waals surface area (Å²) in [6, 6.07) is 12.7. The van der Waals surface area contributed by atoms with E-state index in [-0.39, 0.29) is 4.90 Å². The van der Waals surface area contributed by atoms with E-state index in [4.69, 9.17) is 0 Å². The molecule has 1 heterocycles. The number of hydrogen-bond acceptors (Lipinski definition) is 5. The molecule has 162 valence electrons.